The molecule has 1 aliphatic carbocycles. The molecule has 13 rings (SSSR count). The van der Waals surface area contributed by atoms with E-state index in [1.807, 2.05) is 18.2 Å². The lowest BCUT2D eigenvalue weighted by atomic mass is 9.67. The minimum atomic E-state index is -0.439. The molecule has 1 heterocycles. The Hall–Kier alpha value is -9.24. The first kappa shape index (κ1) is 41.9. The fourth-order valence-corrected chi connectivity index (χ4v) is 11.0. The fraction of sp³-hybridized carbons (Fsp3) is 0.0145. The van der Waals surface area contributed by atoms with Gasteiger partial charge < -0.3 is 0 Å². The molecular weight excluding hydrogens is 857 g/mol. The zero-order valence-corrected chi connectivity index (χ0v) is 39.0. The summed E-state index contributed by atoms with van der Waals surface area (Å²) in [4.78, 5) is 10.4. The summed E-state index contributed by atoms with van der Waals surface area (Å²) < 4.78 is 0. The van der Waals surface area contributed by atoms with E-state index in [-0.39, 0.29) is 0 Å². The number of fused-ring (bicyclic) bond motifs is 4. The predicted octanol–water partition coefficient (Wildman–Crippen LogP) is 17.7. The van der Waals surface area contributed by atoms with E-state index in [4.69, 9.17) is 9.97 Å². The molecule has 0 aliphatic heterocycles. The van der Waals surface area contributed by atoms with E-state index in [1.165, 1.54) is 77.7 Å². The molecule has 12 aromatic rings. The molecule has 0 radical (unpaired) electrons. The van der Waals surface area contributed by atoms with Crippen molar-refractivity contribution in [1.82, 2.24) is 9.97 Å². The van der Waals surface area contributed by atoms with E-state index >= 15 is 0 Å². The highest BCUT2D eigenvalue weighted by Crippen LogP contribution is 2.56. The smallest absolute Gasteiger partial charge is 0.160 e. The van der Waals surface area contributed by atoms with Crippen LogP contribution in [0.1, 0.15) is 22.3 Å². The van der Waals surface area contributed by atoms with Crippen LogP contribution in [-0.4, -0.2) is 9.97 Å². The minimum absolute atomic E-state index is 0.439. The molecule has 1 aliphatic rings. The maximum Gasteiger partial charge on any atom is 0.160 e. The third kappa shape index (κ3) is 7.37. The Morgan fingerprint density at radius 1 is 0.225 bits per heavy atom. The SMILES string of the molecule is c1ccc(-c2ccc(-c3cc(-c4ccc(-c5cccc(-c6ccc(-c7ccc8c(c7)C(c7ccccc7)(c7ccccc7)c7ccccc7-8)cc6)c5)c5ccccc45)nc(-c4ccccc4)n3)cc2)cc1. The summed E-state index contributed by atoms with van der Waals surface area (Å²) in [6.07, 6.45) is 0. The van der Waals surface area contributed by atoms with Gasteiger partial charge in [0.05, 0.1) is 16.8 Å². The first-order valence-corrected chi connectivity index (χ1v) is 24.4. The van der Waals surface area contributed by atoms with Crippen molar-refractivity contribution in [3.63, 3.8) is 0 Å². The monoisotopic (exact) mass is 902 g/mol. The number of rotatable bonds is 9. The summed E-state index contributed by atoms with van der Waals surface area (Å²) in [5.41, 5.74) is 21.6. The van der Waals surface area contributed by atoms with Gasteiger partial charge in [0.25, 0.3) is 0 Å². The summed E-state index contributed by atoms with van der Waals surface area (Å²) in [6.45, 7) is 0. The van der Waals surface area contributed by atoms with E-state index in [1.54, 1.807) is 0 Å². The fourth-order valence-electron chi connectivity index (χ4n) is 11.0. The molecule has 11 aromatic carbocycles. The highest BCUT2D eigenvalue weighted by Gasteiger charge is 2.46. The van der Waals surface area contributed by atoms with Crippen molar-refractivity contribution in [1.29, 1.82) is 0 Å². The third-order valence-electron chi connectivity index (χ3n) is 14.4. The maximum atomic E-state index is 5.25. The summed E-state index contributed by atoms with van der Waals surface area (Å²) in [6, 6.07) is 101. The Kier molecular flexibility index (Phi) is 10.4. The van der Waals surface area contributed by atoms with Gasteiger partial charge in [-0.25, -0.2) is 9.97 Å². The predicted molar refractivity (Wildman–Crippen MR) is 295 cm³/mol. The molecule has 2 heteroatoms. The van der Waals surface area contributed by atoms with E-state index in [2.05, 4.69) is 261 Å². The van der Waals surface area contributed by atoms with Crippen LogP contribution >= 0.6 is 0 Å². The van der Waals surface area contributed by atoms with E-state index < -0.39 is 5.41 Å². The van der Waals surface area contributed by atoms with Crippen LogP contribution in [0, 0.1) is 0 Å². The van der Waals surface area contributed by atoms with Crippen molar-refractivity contribution in [3.05, 3.63) is 301 Å². The maximum absolute atomic E-state index is 5.25. The number of nitrogens with zero attached hydrogens (tertiary/aromatic N) is 2. The van der Waals surface area contributed by atoms with Crippen LogP contribution in [0.25, 0.3) is 100 Å². The molecule has 0 N–H and O–H groups in total. The van der Waals surface area contributed by atoms with Crippen molar-refractivity contribution < 1.29 is 0 Å². The van der Waals surface area contributed by atoms with Gasteiger partial charge in [-0.1, -0.05) is 261 Å². The molecule has 2 nitrogen and oxygen atoms in total. The summed E-state index contributed by atoms with van der Waals surface area (Å²) in [7, 11) is 0. The Bertz CT molecular complexity index is 3840. The van der Waals surface area contributed by atoms with E-state index in [9.17, 15) is 0 Å². The second-order valence-electron chi connectivity index (χ2n) is 18.4. The molecule has 0 spiro atoms. The van der Waals surface area contributed by atoms with Crippen LogP contribution in [0.2, 0.25) is 0 Å². The van der Waals surface area contributed by atoms with Crippen molar-refractivity contribution in [2.24, 2.45) is 0 Å². The zero-order chi connectivity index (χ0) is 47.1. The Morgan fingerprint density at radius 2 is 0.648 bits per heavy atom. The number of hydrogen-bond acceptors (Lipinski definition) is 2. The highest BCUT2D eigenvalue weighted by molar-refractivity contribution is 6.05. The van der Waals surface area contributed by atoms with Crippen LogP contribution in [-0.2, 0) is 5.41 Å². The lowest BCUT2D eigenvalue weighted by Crippen LogP contribution is -2.28. The van der Waals surface area contributed by atoms with Gasteiger partial charge in [0, 0.05) is 16.7 Å². The van der Waals surface area contributed by atoms with Gasteiger partial charge in [0.1, 0.15) is 0 Å². The molecule has 0 amide bonds. The number of hydrogen-bond donors (Lipinski definition) is 0. The average molecular weight is 903 g/mol. The van der Waals surface area contributed by atoms with Gasteiger partial charge in [0.15, 0.2) is 5.82 Å². The average Bonchev–Trinajstić information content (AvgIpc) is 3.76. The lowest BCUT2D eigenvalue weighted by molar-refractivity contribution is 0.769. The van der Waals surface area contributed by atoms with Crippen LogP contribution in [0.4, 0.5) is 0 Å². The normalized spacial score (nSPS) is 12.3. The van der Waals surface area contributed by atoms with Crippen LogP contribution in [0.3, 0.4) is 0 Å². The number of benzene rings is 11. The molecule has 0 saturated heterocycles. The van der Waals surface area contributed by atoms with Gasteiger partial charge in [-0.05, 0) is 107 Å². The zero-order valence-electron chi connectivity index (χ0n) is 39.0. The Balaban J connectivity index is 0.850. The van der Waals surface area contributed by atoms with Crippen LogP contribution < -0.4 is 0 Å². The summed E-state index contributed by atoms with van der Waals surface area (Å²) >= 11 is 0. The topological polar surface area (TPSA) is 25.8 Å². The molecule has 332 valence electrons. The Labute approximate surface area is 414 Å². The first-order chi connectivity index (χ1) is 35.2. The second kappa shape index (κ2) is 17.7. The van der Waals surface area contributed by atoms with E-state index in [0.717, 1.165) is 39.0 Å². The van der Waals surface area contributed by atoms with Crippen molar-refractivity contribution in [2.45, 2.75) is 5.41 Å². The van der Waals surface area contributed by atoms with Gasteiger partial charge in [-0.15, -0.1) is 0 Å². The van der Waals surface area contributed by atoms with Gasteiger partial charge >= 0.3 is 0 Å². The standard InChI is InChI=1S/C69H46N2/c1-5-18-47(19-6-1)48-36-38-51(39-37-48)66-46-67(71-68(70-66)52-20-7-2-8-21-52)63-43-42-58(59-28-13-14-29-60(59)63)55-23-17-22-53(44-55)49-32-34-50(35-33-49)54-40-41-62-61-30-15-16-31-64(61)69(65(62)45-54,56-24-9-3-10-25-56)57-26-11-4-12-27-57/h1-46H. The largest absolute Gasteiger partial charge is 0.228 e. The van der Waals surface area contributed by atoms with Crippen LogP contribution in [0.5, 0.6) is 0 Å². The van der Waals surface area contributed by atoms with Gasteiger partial charge in [0.2, 0.25) is 0 Å². The summed E-state index contributed by atoms with van der Waals surface area (Å²) in [5, 5.41) is 2.32. The Morgan fingerprint density at radius 3 is 1.31 bits per heavy atom. The summed E-state index contributed by atoms with van der Waals surface area (Å²) in [5.74, 6) is 0.700. The van der Waals surface area contributed by atoms with Gasteiger partial charge in [-0.3, -0.25) is 0 Å². The molecule has 71 heavy (non-hydrogen) atoms. The highest BCUT2D eigenvalue weighted by atomic mass is 14.9. The van der Waals surface area contributed by atoms with Crippen molar-refractivity contribution in [2.75, 3.05) is 0 Å². The number of aromatic nitrogens is 2. The van der Waals surface area contributed by atoms with Crippen LogP contribution in [0.15, 0.2) is 279 Å². The third-order valence-corrected chi connectivity index (χ3v) is 14.4. The molecule has 0 unspecified atom stereocenters. The lowest BCUT2D eigenvalue weighted by Gasteiger charge is -2.34. The van der Waals surface area contributed by atoms with Gasteiger partial charge in [-0.2, -0.15) is 0 Å². The molecule has 0 bridgehead atoms. The van der Waals surface area contributed by atoms with Crippen molar-refractivity contribution in [3.8, 4) is 89.5 Å². The first-order valence-electron chi connectivity index (χ1n) is 24.4. The minimum Gasteiger partial charge on any atom is -0.228 e. The molecule has 0 atom stereocenters. The van der Waals surface area contributed by atoms with Crippen molar-refractivity contribution >= 4 is 10.8 Å². The molecule has 0 fully saturated rings. The quantitative estimate of drug-likeness (QED) is 0.144. The molecule has 1 aromatic heterocycles. The second-order valence-corrected chi connectivity index (χ2v) is 18.4. The molecule has 0 saturated carbocycles. The molecular formula is C69H46N2. The van der Waals surface area contributed by atoms with E-state index in [0.29, 0.717) is 5.82 Å².